The molecule has 0 spiro atoms. The zero-order chi connectivity index (χ0) is 22.2. The van der Waals surface area contributed by atoms with E-state index < -0.39 is 0 Å². The number of aryl methyl sites for hydroxylation is 1. The van der Waals surface area contributed by atoms with E-state index in [0.29, 0.717) is 36.6 Å². The van der Waals surface area contributed by atoms with Crippen LogP contribution in [0.3, 0.4) is 0 Å². The lowest BCUT2D eigenvalue weighted by molar-refractivity contribution is 0.0593. The molecular formula is C23H25N5O3S. The highest BCUT2D eigenvalue weighted by atomic mass is 32.1. The summed E-state index contributed by atoms with van der Waals surface area (Å²) in [6, 6.07) is 5.78. The molecule has 4 heterocycles. The number of H-pyrrole nitrogens is 2. The smallest absolute Gasteiger partial charge is 0.276 e. The van der Waals surface area contributed by atoms with Gasteiger partial charge in [-0.15, -0.1) is 11.3 Å². The Morgan fingerprint density at radius 1 is 1.12 bits per heavy atom. The number of benzene rings is 1. The van der Waals surface area contributed by atoms with Crippen molar-refractivity contribution in [2.45, 2.75) is 6.92 Å². The van der Waals surface area contributed by atoms with Crippen LogP contribution in [0.1, 0.15) is 15.9 Å². The standard InChI is InChI=1S/C23H25N5O3S/c1-14-9-17-15(10-16(14)23(30)28-5-3-27(4-6-28)7-8-31-2)11-18(24-17)21-22(29)26-20-13-32-12-19(20)25-21/h9-13,24H,3-8H2,1-2H3,(H,26,29). The molecule has 166 valence electrons. The van der Waals surface area contributed by atoms with Gasteiger partial charge in [-0.2, -0.15) is 0 Å². The lowest BCUT2D eigenvalue weighted by atomic mass is 10.0. The van der Waals surface area contributed by atoms with Crippen LogP contribution in [0.25, 0.3) is 33.3 Å². The van der Waals surface area contributed by atoms with Crippen LogP contribution in [0.15, 0.2) is 33.8 Å². The predicted octanol–water partition coefficient (Wildman–Crippen LogP) is 2.85. The zero-order valence-corrected chi connectivity index (χ0v) is 18.9. The van der Waals surface area contributed by atoms with Crippen molar-refractivity contribution in [2.24, 2.45) is 0 Å². The molecule has 0 saturated carbocycles. The van der Waals surface area contributed by atoms with E-state index in [4.69, 9.17) is 4.74 Å². The van der Waals surface area contributed by atoms with Gasteiger partial charge in [0.1, 0.15) is 0 Å². The minimum absolute atomic E-state index is 0.0502. The topological polar surface area (TPSA) is 94.3 Å². The normalized spacial score (nSPS) is 15.1. The third kappa shape index (κ3) is 3.83. The van der Waals surface area contributed by atoms with Crippen LogP contribution in [0, 0.1) is 6.92 Å². The molecule has 9 heteroatoms. The Balaban J connectivity index is 1.42. The van der Waals surface area contributed by atoms with E-state index in [0.717, 1.165) is 47.1 Å². The lowest BCUT2D eigenvalue weighted by Gasteiger charge is -2.34. The van der Waals surface area contributed by atoms with E-state index in [9.17, 15) is 9.59 Å². The second-order valence-corrected chi connectivity index (χ2v) is 8.89. The van der Waals surface area contributed by atoms with Crippen LogP contribution in [0.5, 0.6) is 0 Å². The van der Waals surface area contributed by atoms with Crippen LogP contribution in [0.4, 0.5) is 0 Å². The summed E-state index contributed by atoms with van der Waals surface area (Å²) >= 11 is 1.50. The summed E-state index contributed by atoms with van der Waals surface area (Å²) in [5.41, 5.74) is 4.75. The molecule has 0 aliphatic carbocycles. The predicted molar refractivity (Wildman–Crippen MR) is 126 cm³/mol. The Hall–Kier alpha value is -3.01. The van der Waals surface area contributed by atoms with Gasteiger partial charge in [-0.25, -0.2) is 4.98 Å². The molecule has 5 rings (SSSR count). The van der Waals surface area contributed by atoms with E-state index in [2.05, 4.69) is 19.9 Å². The highest BCUT2D eigenvalue weighted by Gasteiger charge is 2.23. The second-order valence-electron chi connectivity index (χ2n) is 8.15. The Kier molecular flexibility index (Phi) is 5.54. The van der Waals surface area contributed by atoms with E-state index in [1.54, 1.807) is 7.11 Å². The minimum Gasteiger partial charge on any atom is -0.383 e. The summed E-state index contributed by atoms with van der Waals surface area (Å²) in [6.07, 6.45) is 0. The summed E-state index contributed by atoms with van der Waals surface area (Å²) in [6.45, 7) is 6.66. The number of hydrogen-bond donors (Lipinski definition) is 2. The number of fused-ring (bicyclic) bond motifs is 2. The third-order valence-corrected chi connectivity index (χ3v) is 6.79. The zero-order valence-electron chi connectivity index (χ0n) is 18.1. The number of aromatic nitrogens is 3. The Morgan fingerprint density at radius 2 is 1.94 bits per heavy atom. The highest BCUT2D eigenvalue weighted by Crippen LogP contribution is 2.26. The van der Waals surface area contributed by atoms with Crippen molar-refractivity contribution in [3.63, 3.8) is 0 Å². The SMILES string of the molecule is COCCN1CCN(C(=O)c2cc3cc(-c4nc5cscc5[nH]c4=O)[nH]c3cc2C)CC1. The van der Waals surface area contributed by atoms with Gasteiger partial charge in [0.05, 0.1) is 23.3 Å². The first-order valence-electron chi connectivity index (χ1n) is 10.6. The number of amides is 1. The van der Waals surface area contributed by atoms with Crippen LogP contribution < -0.4 is 5.56 Å². The molecule has 0 atom stereocenters. The number of carbonyl (C=O) groups excluding carboxylic acids is 1. The fourth-order valence-corrected chi connectivity index (χ4v) is 4.91. The monoisotopic (exact) mass is 451 g/mol. The molecule has 1 aliphatic rings. The van der Waals surface area contributed by atoms with E-state index in [-0.39, 0.29) is 11.5 Å². The van der Waals surface area contributed by atoms with Gasteiger partial charge in [0.15, 0.2) is 5.69 Å². The number of hydrogen-bond acceptors (Lipinski definition) is 6. The van der Waals surface area contributed by atoms with Crippen LogP contribution in [-0.4, -0.2) is 77.1 Å². The number of thiophene rings is 1. The summed E-state index contributed by atoms with van der Waals surface area (Å²) in [4.78, 5) is 40.7. The van der Waals surface area contributed by atoms with Crippen molar-refractivity contribution < 1.29 is 9.53 Å². The lowest BCUT2D eigenvalue weighted by Crippen LogP contribution is -2.49. The second kappa shape index (κ2) is 8.50. The molecule has 3 aromatic heterocycles. The number of piperazine rings is 1. The minimum atomic E-state index is -0.234. The van der Waals surface area contributed by atoms with Gasteiger partial charge in [0, 0.05) is 67.1 Å². The van der Waals surface area contributed by atoms with Crippen molar-refractivity contribution in [1.29, 1.82) is 0 Å². The number of methoxy groups -OCH3 is 1. The van der Waals surface area contributed by atoms with Gasteiger partial charge in [-0.05, 0) is 30.7 Å². The molecule has 0 bridgehead atoms. The quantitative estimate of drug-likeness (QED) is 0.487. The van der Waals surface area contributed by atoms with Gasteiger partial charge < -0.3 is 19.6 Å². The average Bonchev–Trinajstić information content (AvgIpc) is 3.42. The first-order valence-corrected chi connectivity index (χ1v) is 11.6. The Morgan fingerprint density at radius 3 is 2.72 bits per heavy atom. The molecule has 32 heavy (non-hydrogen) atoms. The van der Waals surface area contributed by atoms with E-state index in [1.165, 1.54) is 11.3 Å². The van der Waals surface area contributed by atoms with Gasteiger partial charge in [0.25, 0.3) is 11.5 Å². The number of nitrogens with zero attached hydrogens (tertiary/aromatic N) is 3. The third-order valence-electron chi connectivity index (χ3n) is 6.06. The van der Waals surface area contributed by atoms with Crippen LogP contribution in [0.2, 0.25) is 0 Å². The average molecular weight is 452 g/mol. The molecule has 0 radical (unpaired) electrons. The fraction of sp³-hybridized carbons (Fsp3) is 0.348. The number of aromatic amines is 2. The first-order chi connectivity index (χ1) is 15.5. The number of nitrogens with one attached hydrogen (secondary N) is 2. The summed E-state index contributed by atoms with van der Waals surface area (Å²) < 4.78 is 5.15. The first kappa shape index (κ1) is 20.9. The molecule has 0 unspecified atom stereocenters. The van der Waals surface area contributed by atoms with Gasteiger partial charge >= 0.3 is 0 Å². The highest BCUT2D eigenvalue weighted by molar-refractivity contribution is 7.09. The molecule has 1 aromatic carbocycles. The van der Waals surface area contributed by atoms with Crippen LogP contribution in [-0.2, 0) is 4.74 Å². The maximum atomic E-state index is 13.2. The largest absolute Gasteiger partial charge is 0.383 e. The number of ether oxygens (including phenoxy) is 1. The van der Waals surface area contributed by atoms with Crippen LogP contribution >= 0.6 is 11.3 Å². The molecule has 1 saturated heterocycles. The molecule has 1 amide bonds. The molecule has 4 aromatic rings. The Labute approximate surface area is 188 Å². The molecule has 2 N–H and O–H groups in total. The van der Waals surface area contributed by atoms with E-state index in [1.807, 2.05) is 40.8 Å². The molecule has 8 nitrogen and oxygen atoms in total. The van der Waals surface area contributed by atoms with Crippen molar-refractivity contribution >= 4 is 39.2 Å². The molecule has 1 aliphatic heterocycles. The van der Waals surface area contributed by atoms with Crippen molar-refractivity contribution in [2.75, 3.05) is 46.4 Å². The number of carbonyl (C=O) groups is 1. The fourth-order valence-electron chi connectivity index (χ4n) is 4.22. The van der Waals surface area contributed by atoms with Gasteiger partial charge in [-0.3, -0.25) is 14.5 Å². The Bertz CT molecular complexity index is 1350. The maximum Gasteiger partial charge on any atom is 0.276 e. The van der Waals surface area contributed by atoms with Crippen molar-refractivity contribution in [3.8, 4) is 11.4 Å². The molecule has 1 fully saturated rings. The summed E-state index contributed by atoms with van der Waals surface area (Å²) in [7, 11) is 1.71. The van der Waals surface area contributed by atoms with Crippen molar-refractivity contribution in [1.82, 2.24) is 24.8 Å². The maximum absolute atomic E-state index is 13.2. The summed E-state index contributed by atoms with van der Waals surface area (Å²) in [5, 5.41) is 4.67. The van der Waals surface area contributed by atoms with E-state index >= 15 is 0 Å². The van der Waals surface area contributed by atoms with Gasteiger partial charge in [0.2, 0.25) is 0 Å². The van der Waals surface area contributed by atoms with Gasteiger partial charge in [-0.1, -0.05) is 0 Å². The van der Waals surface area contributed by atoms with Crippen molar-refractivity contribution in [3.05, 3.63) is 50.4 Å². The number of rotatable bonds is 5. The molecular weight excluding hydrogens is 426 g/mol. The summed E-state index contributed by atoms with van der Waals surface area (Å²) in [5.74, 6) is 0.0502.